The molecule has 2 rings (SSSR count). The summed E-state index contributed by atoms with van der Waals surface area (Å²) in [5, 5.41) is 2.22. The van der Waals surface area contributed by atoms with Gasteiger partial charge in [0.05, 0.1) is 0 Å². The lowest BCUT2D eigenvalue weighted by molar-refractivity contribution is 0.405. The third-order valence-electron chi connectivity index (χ3n) is 2.28. The fraction of sp³-hybridized carbons (Fsp3) is 0.417. The van der Waals surface area contributed by atoms with Gasteiger partial charge in [0.25, 0.3) is 0 Å². The molecule has 1 unspecified atom stereocenters. The van der Waals surface area contributed by atoms with Crippen LogP contribution in [0.5, 0.6) is 0 Å². The molecule has 1 aromatic carbocycles. The minimum Gasteiger partial charge on any atom is -0.261 e. The van der Waals surface area contributed by atoms with E-state index >= 15 is 0 Å². The average molecular weight is 272 g/mol. The van der Waals surface area contributed by atoms with E-state index in [1.807, 2.05) is 35.1 Å². The van der Waals surface area contributed by atoms with Crippen LogP contribution < -0.4 is 0 Å². The summed E-state index contributed by atoms with van der Waals surface area (Å²) in [6, 6.07) is 7.88. The van der Waals surface area contributed by atoms with Gasteiger partial charge in [0.1, 0.15) is 10.4 Å². The molecule has 0 saturated heterocycles. The Hall–Kier alpha value is -0.120. The molecule has 0 aliphatic carbocycles. The summed E-state index contributed by atoms with van der Waals surface area (Å²) in [5.41, 5.74) is 1.37. The highest BCUT2D eigenvalue weighted by atomic mass is 35.5. The Morgan fingerprint density at radius 3 is 2.31 bits per heavy atom. The predicted molar refractivity (Wildman–Crippen MR) is 76.4 cm³/mol. The van der Waals surface area contributed by atoms with Crippen molar-refractivity contribution in [3.63, 3.8) is 0 Å². The summed E-state index contributed by atoms with van der Waals surface area (Å²) in [6.45, 7) is 6.67. The van der Waals surface area contributed by atoms with Gasteiger partial charge in [-0.05, 0) is 28.3 Å². The van der Waals surface area contributed by atoms with E-state index in [4.69, 9.17) is 16.6 Å². The zero-order valence-corrected chi connectivity index (χ0v) is 11.9. The Morgan fingerprint density at radius 1 is 1.19 bits per heavy atom. The number of halogens is 1. The van der Waals surface area contributed by atoms with Crippen LogP contribution >= 0.6 is 33.2 Å². The topological polar surface area (TPSA) is 12.4 Å². The van der Waals surface area contributed by atoms with Crippen LogP contribution in [-0.4, -0.2) is 10.4 Å². The molecule has 0 saturated carbocycles. The molecule has 0 fully saturated rings. The number of aliphatic imine (C=N–C) groups is 1. The van der Waals surface area contributed by atoms with Crippen LogP contribution in [0.15, 0.2) is 29.3 Å². The lowest BCUT2D eigenvalue weighted by Crippen LogP contribution is -2.18. The van der Waals surface area contributed by atoms with Crippen LogP contribution in [0, 0.1) is 5.41 Å². The SMILES string of the molecule is CC(C)(C)C1N=C(c2ccc(Cl)cc2)SS1. The zero-order valence-electron chi connectivity index (χ0n) is 9.53. The van der Waals surface area contributed by atoms with Crippen molar-refractivity contribution in [3.05, 3.63) is 34.9 Å². The van der Waals surface area contributed by atoms with Gasteiger partial charge in [0.2, 0.25) is 0 Å². The minimum absolute atomic E-state index is 0.214. The van der Waals surface area contributed by atoms with Crippen LogP contribution in [0.25, 0.3) is 0 Å². The van der Waals surface area contributed by atoms with E-state index < -0.39 is 0 Å². The molecule has 0 aromatic heterocycles. The number of rotatable bonds is 1. The molecule has 1 aromatic rings. The van der Waals surface area contributed by atoms with E-state index in [9.17, 15) is 0 Å². The fourth-order valence-electron chi connectivity index (χ4n) is 1.29. The molecule has 1 atom stereocenters. The Labute approximate surface area is 109 Å². The summed E-state index contributed by atoms with van der Waals surface area (Å²) in [5.74, 6) is 0. The average Bonchev–Trinajstić information content (AvgIpc) is 2.67. The largest absolute Gasteiger partial charge is 0.261 e. The van der Waals surface area contributed by atoms with Crippen molar-refractivity contribution in [3.8, 4) is 0 Å². The highest BCUT2D eigenvalue weighted by Gasteiger charge is 2.30. The van der Waals surface area contributed by atoms with Gasteiger partial charge in [-0.2, -0.15) is 0 Å². The van der Waals surface area contributed by atoms with Crippen molar-refractivity contribution in [1.29, 1.82) is 0 Å². The van der Waals surface area contributed by atoms with Crippen LogP contribution in [0.2, 0.25) is 5.02 Å². The molecule has 4 heteroatoms. The van der Waals surface area contributed by atoms with Crippen LogP contribution in [-0.2, 0) is 0 Å². The summed E-state index contributed by atoms with van der Waals surface area (Å²) >= 11 is 5.87. The maximum Gasteiger partial charge on any atom is 0.112 e. The number of hydrogen-bond donors (Lipinski definition) is 0. The summed E-state index contributed by atoms with van der Waals surface area (Å²) in [7, 11) is 3.60. The smallest absolute Gasteiger partial charge is 0.112 e. The van der Waals surface area contributed by atoms with E-state index in [1.54, 1.807) is 10.8 Å². The third-order valence-corrected chi connectivity index (χ3v) is 5.44. The van der Waals surface area contributed by atoms with Crippen LogP contribution in [0.4, 0.5) is 0 Å². The second-order valence-electron chi connectivity index (χ2n) is 4.84. The van der Waals surface area contributed by atoms with Gasteiger partial charge in [-0.3, -0.25) is 4.99 Å². The first kappa shape index (κ1) is 12.3. The number of hydrogen-bond acceptors (Lipinski definition) is 3. The molecule has 0 bridgehead atoms. The molecule has 0 N–H and O–H groups in total. The standard InChI is InChI=1S/C12H14ClNS2/c1-12(2,3)11-14-10(15-16-11)8-4-6-9(13)7-5-8/h4-7,11H,1-3H3. The van der Waals surface area contributed by atoms with Crippen molar-refractivity contribution < 1.29 is 0 Å². The summed E-state index contributed by atoms with van der Waals surface area (Å²) in [4.78, 5) is 4.76. The molecule has 0 radical (unpaired) electrons. The maximum atomic E-state index is 5.87. The molecule has 1 nitrogen and oxygen atoms in total. The summed E-state index contributed by atoms with van der Waals surface area (Å²) in [6.07, 6.45) is 0. The van der Waals surface area contributed by atoms with Crippen LogP contribution in [0.1, 0.15) is 26.3 Å². The molecule has 0 spiro atoms. The normalized spacial score (nSPS) is 21.0. The maximum absolute atomic E-state index is 5.87. The van der Waals surface area contributed by atoms with Crippen molar-refractivity contribution in [1.82, 2.24) is 0 Å². The first-order chi connectivity index (χ1) is 7.47. The molecule has 1 aliphatic heterocycles. The van der Waals surface area contributed by atoms with E-state index in [1.165, 1.54) is 0 Å². The van der Waals surface area contributed by atoms with Gasteiger partial charge in [-0.15, -0.1) is 0 Å². The van der Waals surface area contributed by atoms with Gasteiger partial charge in [-0.25, -0.2) is 0 Å². The number of nitrogens with zero attached hydrogens (tertiary/aromatic N) is 1. The quantitative estimate of drug-likeness (QED) is 0.677. The fourth-order valence-corrected chi connectivity index (χ4v) is 4.45. The highest BCUT2D eigenvalue weighted by molar-refractivity contribution is 8.83. The van der Waals surface area contributed by atoms with E-state index in [-0.39, 0.29) is 5.41 Å². The first-order valence-corrected chi connectivity index (χ1v) is 7.73. The van der Waals surface area contributed by atoms with E-state index in [2.05, 4.69) is 20.8 Å². The summed E-state index contributed by atoms with van der Waals surface area (Å²) < 4.78 is 0. The Bertz CT molecular complexity index is 406. The zero-order chi connectivity index (χ0) is 11.8. The third kappa shape index (κ3) is 2.76. The lowest BCUT2D eigenvalue weighted by Gasteiger charge is -2.22. The van der Waals surface area contributed by atoms with E-state index in [0.717, 1.165) is 15.6 Å². The minimum atomic E-state index is 0.214. The van der Waals surface area contributed by atoms with Crippen molar-refractivity contribution in [2.75, 3.05) is 0 Å². The van der Waals surface area contributed by atoms with Gasteiger partial charge >= 0.3 is 0 Å². The van der Waals surface area contributed by atoms with Crippen molar-refractivity contribution in [2.45, 2.75) is 26.1 Å². The van der Waals surface area contributed by atoms with Crippen molar-refractivity contribution in [2.24, 2.45) is 10.4 Å². The molecule has 1 aliphatic rings. The first-order valence-electron chi connectivity index (χ1n) is 5.14. The second-order valence-corrected chi connectivity index (χ2v) is 7.55. The Morgan fingerprint density at radius 2 is 1.81 bits per heavy atom. The van der Waals surface area contributed by atoms with Gasteiger partial charge in [-0.1, -0.05) is 55.3 Å². The molecular weight excluding hydrogens is 258 g/mol. The molecular formula is C12H14ClNS2. The predicted octanol–water partition coefficient (Wildman–Crippen LogP) is 4.85. The number of benzene rings is 1. The molecule has 1 heterocycles. The van der Waals surface area contributed by atoms with Gasteiger partial charge in [0.15, 0.2) is 0 Å². The Balaban J connectivity index is 2.21. The lowest BCUT2D eigenvalue weighted by atomic mass is 9.97. The van der Waals surface area contributed by atoms with E-state index in [0.29, 0.717) is 5.37 Å². The monoisotopic (exact) mass is 271 g/mol. The second kappa shape index (κ2) is 4.63. The molecule has 16 heavy (non-hydrogen) atoms. The van der Waals surface area contributed by atoms with Crippen molar-refractivity contribution >= 4 is 38.2 Å². The molecule has 86 valence electrons. The van der Waals surface area contributed by atoms with Gasteiger partial charge in [0, 0.05) is 10.6 Å². The molecule has 0 amide bonds. The Kier molecular flexibility index (Phi) is 3.57. The van der Waals surface area contributed by atoms with Crippen LogP contribution in [0.3, 0.4) is 0 Å². The van der Waals surface area contributed by atoms with Gasteiger partial charge < -0.3 is 0 Å². The highest BCUT2D eigenvalue weighted by Crippen LogP contribution is 2.46.